The van der Waals surface area contributed by atoms with Gasteiger partial charge in [-0.1, -0.05) is 6.58 Å². The zero-order valence-corrected chi connectivity index (χ0v) is 17.6. The molecule has 1 aliphatic rings. The lowest BCUT2D eigenvalue weighted by Gasteiger charge is -2.34. The average Bonchev–Trinajstić information content (AvgIpc) is 3.01. The van der Waals surface area contributed by atoms with Crippen molar-refractivity contribution in [2.45, 2.75) is 13.8 Å². The van der Waals surface area contributed by atoms with E-state index in [1.165, 1.54) is 5.69 Å². The SMILES string of the molecule is C=C(/N=C\C=C(/N)c1sc(C)nc1C)Nc1ccc(N2CCN(C)CC2)cc1. The van der Waals surface area contributed by atoms with E-state index in [1.54, 1.807) is 23.6 Å². The summed E-state index contributed by atoms with van der Waals surface area (Å²) in [5.74, 6) is 0.564. The summed E-state index contributed by atoms with van der Waals surface area (Å²) in [7, 11) is 2.17. The van der Waals surface area contributed by atoms with Gasteiger partial charge in [0.25, 0.3) is 0 Å². The van der Waals surface area contributed by atoms with Crippen molar-refractivity contribution in [3.8, 4) is 0 Å². The second-order valence-electron chi connectivity index (χ2n) is 6.96. The van der Waals surface area contributed by atoms with E-state index in [4.69, 9.17) is 5.73 Å². The molecule has 0 unspecified atom stereocenters. The quantitative estimate of drug-likeness (QED) is 0.732. The minimum atomic E-state index is 0.564. The highest BCUT2D eigenvalue weighted by Crippen LogP contribution is 2.22. The van der Waals surface area contributed by atoms with Crippen LogP contribution < -0.4 is 16.0 Å². The Kier molecular flexibility index (Phi) is 6.49. The van der Waals surface area contributed by atoms with E-state index in [9.17, 15) is 0 Å². The van der Waals surface area contributed by atoms with Crippen LogP contribution in [0.5, 0.6) is 0 Å². The van der Waals surface area contributed by atoms with Gasteiger partial charge in [0.1, 0.15) is 5.82 Å². The van der Waals surface area contributed by atoms with E-state index in [2.05, 4.69) is 63.0 Å². The number of aliphatic imine (C=N–C) groups is 1. The van der Waals surface area contributed by atoms with Crippen molar-refractivity contribution in [1.29, 1.82) is 0 Å². The fourth-order valence-electron chi connectivity index (χ4n) is 3.10. The summed E-state index contributed by atoms with van der Waals surface area (Å²) < 4.78 is 0. The van der Waals surface area contributed by atoms with E-state index >= 15 is 0 Å². The largest absolute Gasteiger partial charge is 0.397 e. The summed E-state index contributed by atoms with van der Waals surface area (Å²) in [5.41, 5.74) is 9.95. The number of hydrogen-bond acceptors (Lipinski definition) is 7. The fraction of sp³-hybridized carbons (Fsp3) is 0.333. The van der Waals surface area contributed by atoms with Gasteiger partial charge in [-0.2, -0.15) is 0 Å². The Balaban J connectivity index is 1.55. The molecular weight excluding hydrogens is 368 g/mol. The maximum absolute atomic E-state index is 6.13. The number of anilines is 2. The molecule has 28 heavy (non-hydrogen) atoms. The third kappa shape index (κ3) is 5.21. The van der Waals surface area contributed by atoms with Crippen LogP contribution in [0.1, 0.15) is 15.6 Å². The summed E-state index contributed by atoms with van der Waals surface area (Å²) in [6, 6.07) is 8.39. The maximum Gasteiger partial charge on any atom is 0.122 e. The topological polar surface area (TPSA) is 69.8 Å². The zero-order chi connectivity index (χ0) is 20.1. The smallest absolute Gasteiger partial charge is 0.122 e. The molecule has 6 nitrogen and oxygen atoms in total. The van der Waals surface area contributed by atoms with Crippen LogP contribution in [0.2, 0.25) is 0 Å². The number of allylic oxidation sites excluding steroid dienone is 1. The number of aryl methyl sites for hydroxylation is 2. The monoisotopic (exact) mass is 396 g/mol. The molecule has 0 amide bonds. The van der Waals surface area contributed by atoms with Crippen LogP contribution in [-0.4, -0.2) is 49.3 Å². The molecule has 1 fully saturated rings. The molecule has 1 aliphatic heterocycles. The van der Waals surface area contributed by atoms with E-state index in [1.807, 2.05) is 13.8 Å². The van der Waals surface area contributed by atoms with Gasteiger partial charge in [0, 0.05) is 43.8 Å². The molecule has 148 valence electrons. The van der Waals surface area contributed by atoms with Crippen molar-refractivity contribution >= 4 is 34.6 Å². The molecule has 2 aromatic rings. The Labute approximate surface area is 171 Å². The van der Waals surface area contributed by atoms with Crippen LogP contribution in [0.15, 0.2) is 47.7 Å². The molecule has 2 heterocycles. The van der Waals surface area contributed by atoms with Crippen molar-refractivity contribution in [3.63, 3.8) is 0 Å². The molecule has 7 heteroatoms. The third-order valence-electron chi connectivity index (χ3n) is 4.67. The Morgan fingerprint density at radius 1 is 1.21 bits per heavy atom. The highest BCUT2D eigenvalue weighted by atomic mass is 32.1. The highest BCUT2D eigenvalue weighted by molar-refractivity contribution is 7.12. The van der Waals surface area contributed by atoms with Crippen LogP contribution in [0.25, 0.3) is 5.70 Å². The molecule has 0 saturated carbocycles. The molecule has 3 N–H and O–H groups in total. The average molecular weight is 397 g/mol. The van der Waals surface area contributed by atoms with E-state index in [-0.39, 0.29) is 0 Å². The van der Waals surface area contributed by atoms with Crippen LogP contribution in [-0.2, 0) is 0 Å². The molecule has 1 aromatic heterocycles. The summed E-state index contributed by atoms with van der Waals surface area (Å²) >= 11 is 1.59. The zero-order valence-electron chi connectivity index (χ0n) is 16.8. The molecular formula is C21H28N6S. The number of nitrogens with two attached hydrogens (primary N) is 1. The van der Waals surface area contributed by atoms with Gasteiger partial charge in [0.05, 0.1) is 21.3 Å². The summed E-state index contributed by atoms with van der Waals surface area (Å²) in [5, 5.41) is 4.22. The predicted octanol–water partition coefficient (Wildman–Crippen LogP) is 3.47. The molecule has 0 atom stereocenters. The Morgan fingerprint density at radius 2 is 1.89 bits per heavy atom. The van der Waals surface area contributed by atoms with Gasteiger partial charge in [-0.3, -0.25) is 0 Å². The molecule has 1 saturated heterocycles. The van der Waals surface area contributed by atoms with Crippen molar-refractivity contribution < 1.29 is 0 Å². The first-order valence-corrected chi connectivity index (χ1v) is 10.2. The number of piperazine rings is 1. The number of nitrogens with one attached hydrogen (secondary N) is 1. The number of aromatic nitrogens is 1. The maximum atomic E-state index is 6.13. The van der Waals surface area contributed by atoms with Crippen molar-refractivity contribution in [2.24, 2.45) is 10.7 Å². The minimum Gasteiger partial charge on any atom is -0.397 e. The number of hydrogen-bond donors (Lipinski definition) is 2. The second kappa shape index (κ2) is 9.03. The third-order valence-corrected chi connectivity index (χ3v) is 5.80. The first-order valence-electron chi connectivity index (χ1n) is 9.36. The lowest BCUT2D eigenvalue weighted by molar-refractivity contribution is 0.313. The van der Waals surface area contributed by atoms with Crippen molar-refractivity contribution in [3.05, 3.63) is 58.3 Å². The van der Waals surface area contributed by atoms with Crippen molar-refractivity contribution in [2.75, 3.05) is 43.4 Å². The second-order valence-corrected chi connectivity index (χ2v) is 8.16. The van der Waals surface area contributed by atoms with Crippen molar-refractivity contribution in [1.82, 2.24) is 9.88 Å². The number of nitrogens with zero attached hydrogens (tertiary/aromatic N) is 4. The molecule has 1 aromatic carbocycles. The van der Waals surface area contributed by atoms with Crippen LogP contribution in [0, 0.1) is 13.8 Å². The fourth-order valence-corrected chi connectivity index (χ4v) is 3.96. The molecule has 0 radical (unpaired) electrons. The molecule has 0 spiro atoms. The summed E-state index contributed by atoms with van der Waals surface area (Å²) in [6.45, 7) is 12.2. The molecule has 0 bridgehead atoms. The van der Waals surface area contributed by atoms with Gasteiger partial charge < -0.3 is 20.9 Å². The van der Waals surface area contributed by atoms with Gasteiger partial charge in [0.15, 0.2) is 0 Å². The molecule has 0 aliphatic carbocycles. The van der Waals surface area contributed by atoms with Crippen LogP contribution in [0.4, 0.5) is 11.4 Å². The Hall–Kier alpha value is -2.64. The lowest BCUT2D eigenvalue weighted by Crippen LogP contribution is -2.44. The Morgan fingerprint density at radius 3 is 2.50 bits per heavy atom. The van der Waals surface area contributed by atoms with Gasteiger partial charge in [-0.15, -0.1) is 11.3 Å². The van der Waals surface area contributed by atoms with E-state index in [0.717, 1.165) is 47.4 Å². The first-order chi connectivity index (χ1) is 13.4. The lowest BCUT2D eigenvalue weighted by atomic mass is 10.2. The summed E-state index contributed by atoms with van der Waals surface area (Å²) in [6.07, 6.45) is 3.45. The summed E-state index contributed by atoms with van der Waals surface area (Å²) in [4.78, 5) is 14.5. The molecule has 3 rings (SSSR count). The highest BCUT2D eigenvalue weighted by Gasteiger charge is 2.13. The van der Waals surface area contributed by atoms with Crippen LogP contribution >= 0.6 is 11.3 Å². The number of rotatable bonds is 6. The van der Waals surface area contributed by atoms with Crippen LogP contribution in [0.3, 0.4) is 0 Å². The van der Waals surface area contributed by atoms with E-state index < -0.39 is 0 Å². The van der Waals surface area contributed by atoms with Gasteiger partial charge in [-0.25, -0.2) is 9.98 Å². The standard InChI is InChI=1S/C21H28N6S/c1-15-21(28-17(3)24-15)20(22)9-10-23-16(2)25-18-5-7-19(8-6-18)27-13-11-26(4)12-14-27/h5-10,25H,2,11-14,22H2,1,3-4H3/b20-9-,23-10-. The number of benzene rings is 1. The van der Waals surface area contributed by atoms with Gasteiger partial charge in [-0.05, 0) is 51.2 Å². The van der Waals surface area contributed by atoms with Gasteiger partial charge in [0.2, 0.25) is 0 Å². The van der Waals surface area contributed by atoms with Gasteiger partial charge >= 0.3 is 0 Å². The first kappa shape index (κ1) is 20.1. The Bertz CT molecular complexity index is 873. The van der Waals surface area contributed by atoms with E-state index in [0.29, 0.717) is 11.5 Å². The number of likely N-dealkylation sites (N-methyl/N-ethyl adjacent to an activating group) is 1. The number of thiazole rings is 1. The normalized spacial score (nSPS) is 16.0. The minimum absolute atomic E-state index is 0.564. The predicted molar refractivity (Wildman–Crippen MR) is 121 cm³/mol.